The molecule has 0 aromatic rings. The molecule has 4 N–H and O–H groups in total. The van der Waals surface area contributed by atoms with Crippen molar-refractivity contribution in [2.45, 2.75) is 25.0 Å². The topological polar surface area (TPSA) is 82.0 Å². The minimum atomic E-state index is -0.779. The molecule has 0 saturated carbocycles. The quantitative estimate of drug-likeness (QED) is 0.354. The Kier molecular flexibility index (Phi) is 9.23. The molecule has 0 fully saturated rings. The summed E-state index contributed by atoms with van der Waals surface area (Å²) in [6.45, 7) is 1.62. The lowest BCUT2D eigenvalue weighted by molar-refractivity contribution is 0.0113. The van der Waals surface area contributed by atoms with E-state index < -0.39 is 12.2 Å². The van der Waals surface area contributed by atoms with Crippen LogP contribution in [0.3, 0.4) is 0 Å². The van der Waals surface area contributed by atoms with Crippen molar-refractivity contribution >= 4 is 0 Å². The van der Waals surface area contributed by atoms with Crippen LogP contribution in [0.5, 0.6) is 0 Å². The maximum Gasteiger partial charge on any atom is 0.0923 e. The molecule has 0 radical (unpaired) electrons. The van der Waals surface area contributed by atoms with E-state index in [1.807, 2.05) is 0 Å². The molecule has 0 bridgehead atoms. The van der Waals surface area contributed by atoms with Gasteiger partial charge in [0.1, 0.15) is 0 Å². The fourth-order valence-corrected chi connectivity index (χ4v) is 1.05. The number of aliphatic hydroxyl groups is 3. The molecular formula is C9H21NO4. The highest BCUT2D eigenvalue weighted by Gasteiger charge is 2.14. The molecule has 5 heteroatoms. The lowest BCUT2D eigenvalue weighted by Crippen LogP contribution is -2.37. The highest BCUT2D eigenvalue weighted by Crippen LogP contribution is 2.01. The SMILES string of the molecule is COCCNCC(O)C(O)CCCO. The fourth-order valence-electron chi connectivity index (χ4n) is 1.05. The van der Waals surface area contributed by atoms with E-state index in [1.54, 1.807) is 7.11 Å². The summed E-state index contributed by atoms with van der Waals surface area (Å²) in [7, 11) is 1.61. The van der Waals surface area contributed by atoms with Crippen LogP contribution in [0.15, 0.2) is 0 Å². The Morgan fingerprint density at radius 1 is 1.29 bits per heavy atom. The van der Waals surface area contributed by atoms with Gasteiger partial charge in [-0.3, -0.25) is 0 Å². The van der Waals surface area contributed by atoms with E-state index in [9.17, 15) is 10.2 Å². The minimum absolute atomic E-state index is 0.0425. The summed E-state index contributed by atoms with van der Waals surface area (Å²) >= 11 is 0. The predicted molar refractivity (Wildman–Crippen MR) is 53.1 cm³/mol. The molecule has 0 rings (SSSR count). The van der Waals surface area contributed by atoms with Gasteiger partial charge in [-0.25, -0.2) is 0 Å². The van der Waals surface area contributed by atoms with Gasteiger partial charge in [-0.05, 0) is 12.8 Å². The normalized spacial score (nSPS) is 15.4. The number of hydrogen-bond donors (Lipinski definition) is 4. The van der Waals surface area contributed by atoms with Crippen molar-refractivity contribution < 1.29 is 20.1 Å². The van der Waals surface area contributed by atoms with E-state index in [1.165, 1.54) is 0 Å². The summed E-state index contributed by atoms with van der Waals surface area (Å²) in [5.74, 6) is 0. The van der Waals surface area contributed by atoms with Gasteiger partial charge in [0.15, 0.2) is 0 Å². The zero-order valence-electron chi connectivity index (χ0n) is 8.65. The third kappa shape index (κ3) is 7.23. The highest BCUT2D eigenvalue weighted by atomic mass is 16.5. The van der Waals surface area contributed by atoms with Gasteiger partial charge in [0.05, 0.1) is 18.8 Å². The first-order valence-corrected chi connectivity index (χ1v) is 4.89. The van der Waals surface area contributed by atoms with Gasteiger partial charge >= 0.3 is 0 Å². The van der Waals surface area contributed by atoms with Crippen molar-refractivity contribution in [3.63, 3.8) is 0 Å². The molecule has 0 saturated heterocycles. The number of nitrogens with one attached hydrogen (secondary N) is 1. The van der Waals surface area contributed by atoms with E-state index in [0.29, 0.717) is 32.5 Å². The molecule has 0 aliphatic carbocycles. The molecule has 2 atom stereocenters. The zero-order valence-corrected chi connectivity index (χ0v) is 8.65. The first-order chi connectivity index (χ1) is 6.72. The lowest BCUT2D eigenvalue weighted by Gasteiger charge is -2.17. The van der Waals surface area contributed by atoms with Crippen molar-refractivity contribution in [3.8, 4) is 0 Å². The van der Waals surface area contributed by atoms with E-state index in [4.69, 9.17) is 9.84 Å². The largest absolute Gasteiger partial charge is 0.396 e. The molecule has 0 aliphatic heterocycles. The highest BCUT2D eigenvalue weighted by molar-refractivity contribution is 4.69. The van der Waals surface area contributed by atoms with Crippen molar-refractivity contribution in [2.24, 2.45) is 0 Å². The second-order valence-electron chi connectivity index (χ2n) is 3.20. The van der Waals surface area contributed by atoms with Crippen LogP contribution in [0.2, 0.25) is 0 Å². The second kappa shape index (κ2) is 9.36. The molecule has 0 aromatic heterocycles. The Morgan fingerprint density at radius 2 is 2.00 bits per heavy atom. The minimum Gasteiger partial charge on any atom is -0.396 e. The van der Waals surface area contributed by atoms with Crippen molar-refractivity contribution in [3.05, 3.63) is 0 Å². The van der Waals surface area contributed by atoms with Gasteiger partial charge in [0.2, 0.25) is 0 Å². The van der Waals surface area contributed by atoms with Crippen LogP contribution in [0, 0.1) is 0 Å². The van der Waals surface area contributed by atoms with Crippen molar-refractivity contribution in [2.75, 3.05) is 33.4 Å². The van der Waals surface area contributed by atoms with Crippen LogP contribution in [0.25, 0.3) is 0 Å². The van der Waals surface area contributed by atoms with Crippen LogP contribution in [0.1, 0.15) is 12.8 Å². The summed E-state index contributed by atoms with van der Waals surface area (Å²) in [5.41, 5.74) is 0. The Morgan fingerprint density at radius 3 is 2.57 bits per heavy atom. The van der Waals surface area contributed by atoms with Gasteiger partial charge in [0, 0.05) is 26.8 Å². The Hall–Kier alpha value is -0.200. The smallest absolute Gasteiger partial charge is 0.0923 e. The standard InChI is InChI=1S/C9H21NO4/c1-14-6-4-10-7-9(13)8(12)3-2-5-11/h8-13H,2-7H2,1H3. The Labute approximate surface area is 84.7 Å². The second-order valence-corrected chi connectivity index (χ2v) is 3.20. The van der Waals surface area contributed by atoms with Gasteiger partial charge in [0.25, 0.3) is 0 Å². The molecule has 0 spiro atoms. The Bertz CT molecular complexity index is 123. The summed E-state index contributed by atoms with van der Waals surface area (Å²) in [4.78, 5) is 0. The maximum absolute atomic E-state index is 9.41. The van der Waals surface area contributed by atoms with Crippen molar-refractivity contribution in [1.82, 2.24) is 5.32 Å². The molecule has 0 amide bonds. The van der Waals surface area contributed by atoms with Crippen LogP contribution < -0.4 is 5.32 Å². The Balaban J connectivity index is 3.36. The number of aliphatic hydroxyl groups excluding tert-OH is 3. The average molecular weight is 207 g/mol. The van der Waals surface area contributed by atoms with Crippen molar-refractivity contribution in [1.29, 1.82) is 0 Å². The first kappa shape index (κ1) is 13.8. The molecule has 86 valence electrons. The van der Waals surface area contributed by atoms with Gasteiger partial charge in [-0.1, -0.05) is 0 Å². The van der Waals surface area contributed by atoms with E-state index in [-0.39, 0.29) is 6.61 Å². The van der Waals surface area contributed by atoms with Gasteiger partial charge in [-0.2, -0.15) is 0 Å². The van der Waals surface area contributed by atoms with Crippen LogP contribution in [0.4, 0.5) is 0 Å². The first-order valence-electron chi connectivity index (χ1n) is 4.89. The molecule has 0 aliphatic rings. The summed E-state index contributed by atoms with van der Waals surface area (Å²) in [6, 6.07) is 0. The number of methoxy groups -OCH3 is 1. The lowest BCUT2D eigenvalue weighted by atomic mass is 10.1. The number of ether oxygens (including phenoxy) is 1. The molecule has 0 heterocycles. The maximum atomic E-state index is 9.41. The number of hydrogen-bond acceptors (Lipinski definition) is 5. The molecule has 2 unspecified atom stereocenters. The number of rotatable bonds is 9. The molecule has 14 heavy (non-hydrogen) atoms. The van der Waals surface area contributed by atoms with Crippen LogP contribution >= 0.6 is 0 Å². The zero-order chi connectivity index (χ0) is 10.8. The van der Waals surface area contributed by atoms with E-state index in [2.05, 4.69) is 5.32 Å². The third-order valence-corrected chi connectivity index (χ3v) is 1.94. The summed E-state index contributed by atoms with van der Waals surface area (Å²) in [6.07, 6.45) is -0.615. The van der Waals surface area contributed by atoms with E-state index >= 15 is 0 Å². The fraction of sp³-hybridized carbons (Fsp3) is 1.00. The average Bonchev–Trinajstić information content (AvgIpc) is 2.20. The van der Waals surface area contributed by atoms with E-state index in [0.717, 1.165) is 0 Å². The summed E-state index contributed by atoms with van der Waals surface area (Å²) in [5, 5.41) is 30.2. The van der Waals surface area contributed by atoms with Gasteiger partial charge in [-0.15, -0.1) is 0 Å². The molecule has 0 aromatic carbocycles. The molecule has 5 nitrogen and oxygen atoms in total. The summed E-state index contributed by atoms with van der Waals surface area (Å²) < 4.78 is 4.81. The van der Waals surface area contributed by atoms with Gasteiger partial charge < -0.3 is 25.4 Å². The monoisotopic (exact) mass is 207 g/mol. The third-order valence-electron chi connectivity index (χ3n) is 1.94. The predicted octanol–water partition coefficient (Wildman–Crippen LogP) is -1.28. The van der Waals surface area contributed by atoms with Crippen LogP contribution in [-0.2, 0) is 4.74 Å². The molecular weight excluding hydrogens is 186 g/mol. The van der Waals surface area contributed by atoms with Crippen LogP contribution in [-0.4, -0.2) is 60.9 Å².